The Morgan fingerprint density at radius 3 is 2.33 bits per heavy atom. The van der Waals surface area contributed by atoms with E-state index in [4.69, 9.17) is 9.16 Å². The number of carbonyl (C=O) groups excluding carboxylic acids is 1. The SMILES string of the molecule is Cn1cc(-c2c(Br)c3c(ncc4c3n([C@H]3CC[C@@](C)(NC(=O)OC(C)(C)C)[C@H](O[Si](C)(C)C(C)(C)C)C3)c(=O)n4C)n2S(=O)(=O)c2ccccc2)c(F)n1. The average molecular weight is 847 g/mol. The Hall–Kier alpha value is -3.80. The number of aromatic nitrogens is 6. The Morgan fingerprint density at radius 2 is 1.76 bits per heavy atom. The van der Waals surface area contributed by atoms with E-state index in [-0.39, 0.29) is 37.0 Å². The topological polar surface area (TPSA) is 144 Å². The van der Waals surface area contributed by atoms with E-state index in [2.05, 4.69) is 65.2 Å². The maximum atomic E-state index is 15.6. The van der Waals surface area contributed by atoms with Crippen LogP contribution in [0.15, 0.2) is 56.9 Å². The number of rotatable bonds is 7. The summed E-state index contributed by atoms with van der Waals surface area (Å²) in [6, 6.07) is 7.40. The fourth-order valence-corrected chi connectivity index (χ4v) is 10.8. The number of imidazole rings is 1. The van der Waals surface area contributed by atoms with E-state index in [1.165, 1.54) is 33.8 Å². The monoisotopic (exact) mass is 845 g/mol. The summed E-state index contributed by atoms with van der Waals surface area (Å²) in [6.07, 6.45) is 3.08. The molecule has 1 aliphatic rings. The maximum Gasteiger partial charge on any atom is 0.408 e. The van der Waals surface area contributed by atoms with Crippen molar-refractivity contribution in [3.8, 4) is 11.3 Å². The number of hydrogen-bond acceptors (Lipinski definition) is 8. The molecule has 0 aliphatic heterocycles. The first-order valence-electron chi connectivity index (χ1n) is 17.9. The van der Waals surface area contributed by atoms with E-state index < -0.39 is 53.7 Å². The molecule has 1 aromatic carbocycles. The van der Waals surface area contributed by atoms with Crippen LogP contribution in [0.25, 0.3) is 33.3 Å². The summed E-state index contributed by atoms with van der Waals surface area (Å²) in [5.41, 5.74) is -1.05. The van der Waals surface area contributed by atoms with Crippen molar-refractivity contribution < 1.29 is 26.8 Å². The number of benzene rings is 1. The van der Waals surface area contributed by atoms with Gasteiger partial charge in [0, 0.05) is 26.3 Å². The Kier molecular flexibility index (Phi) is 9.93. The van der Waals surface area contributed by atoms with E-state index in [9.17, 15) is 18.0 Å². The first kappa shape index (κ1) is 39.9. The molecule has 13 nitrogen and oxygen atoms in total. The number of carbonyl (C=O) groups is 1. The molecule has 4 aromatic heterocycles. The predicted octanol–water partition coefficient (Wildman–Crippen LogP) is 7.63. The van der Waals surface area contributed by atoms with Crippen LogP contribution in [0.5, 0.6) is 0 Å². The Bertz CT molecular complexity index is 2440. The molecule has 292 valence electrons. The molecule has 6 rings (SSSR count). The van der Waals surface area contributed by atoms with Crippen LogP contribution in [0.4, 0.5) is 9.18 Å². The molecule has 0 radical (unpaired) electrons. The molecular formula is C37H49BrFN7O6SSi. The number of fused-ring (bicyclic) bond motifs is 3. The lowest BCUT2D eigenvalue weighted by Crippen LogP contribution is -2.62. The highest BCUT2D eigenvalue weighted by Gasteiger charge is 2.49. The van der Waals surface area contributed by atoms with E-state index >= 15 is 4.39 Å². The molecular weight excluding hydrogens is 798 g/mol. The third kappa shape index (κ3) is 6.85. The summed E-state index contributed by atoms with van der Waals surface area (Å²) in [5.74, 6) is -0.873. The second kappa shape index (κ2) is 13.4. The minimum Gasteiger partial charge on any atom is -0.444 e. The number of ether oxygens (including phenoxy) is 1. The summed E-state index contributed by atoms with van der Waals surface area (Å²) >= 11 is 3.67. The number of alkyl carbamates (subject to hydrolysis) is 1. The number of pyridine rings is 1. The van der Waals surface area contributed by atoms with Crippen molar-refractivity contribution in [3.63, 3.8) is 0 Å². The highest BCUT2D eigenvalue weighted by atomic mass is 79.9. The van der Waals surface area contributed by atoms with Gasteiger partial charge in [-0.15, -0.1) is 5.10 Å². The van der Waals surface area contributed by atoms with Gasteiger partial charge in [-0.1, -0.05) is 39.0 Å². The molecule has 1 aliphatic carbocycles. The van der Waals surface area contributed by atoms with Crippen LogP contribution in [-0.4, -0.2) is 67.9 Å². The van der Waals surface area contributed by atoms with Crippen molar-refractivity contribution in [1.82, 2.24) is 33.2 Å². The van der Waals surface area contributed by atoms with Crippen LogP contribution in [0.1, 0.15) is 73.8 Å². The molecule has 54 heavy (non-hydrogen) atoms. The lowest BCUT2D eigenvalue weighted by molar-refractivity contribution is 0.00459. The Labute approximate surface area is 324 Å². The van der Waals surface area contributed by atoms with Crippen molar-refractivity contribution in [2.45, 2.75) is 114 Å². The zero-order valence-electron chi connectivity index (χ0n) is 32.6. The van der Waals surface area contributed by atoms with Gasteiger partial charge in [0.15, 0.2) is 14.0 Å². The molecule has 5 aromatic rings. The first-order valence-corrected chi connectivity index (χ1v) is 23.0. The summed E-state index contributed by atoms with van der Waals surface area (Å²) in [4.78, 5) is 32.2. The molecule has 1 amide bonds. The normalized spacial score (nSPS) is 20.2. The van der Waals surface area contributed by atoms with Crippen molar-refractivity contribution in [1.29, 1.82) is 0 Å². The van der Waals surface area contributed by atoms with Crippen LogP contribution in [0.2, 0.25) is 18.1 Å². The molecule has 3 atom stereocenters. The third-order valence-electron chi connectivity index (χ3n) is 10.8. The number of nitrogens with zero attached hydrogens (tertiary/aromatic N) is 6. The number of nitrogens with one attached hydrogen (secondary N) is 1. The molecule has 0 unspecified atom stereocenters. The zero-order chi connectivity index (χ0) is 39.9. The van der Waals surface area contributed by atoms with E-state index in [1.807, 2.05) is 27.7 Å². The Morgan fingerprint density at radius 1 is 1.11 bits per heavy atom. The molecule has 17 heteroatoms. The smallest absolute Gasteiger partial charge is 0.408 e. The highest BCUT2D eigenvalue weighted by molar-refractivity contribution is 9.10. The Balaban J connectivity index is 1.59. The number of hydrogen-bond donors (Lipinski definition) is 1. The molecule has 0 bridgehead atoms. The van der Waals surface area contributed by atoms with Crippen LogP contribution >= 0.6 is 15.9 Å². The lowest BCUT2D eigenvalue weighted by atomic mass is 9.78. The van der Waals surface area contributed by atoms with E-state index in [1.54, 1.807) is 36.9 Å². The van der Waals surface area contributed by atoms with Crippen molar-refractivity contribution >= 4 is 62.4 Å². The molecule has 0 saturated heterocycles. The first-order chi connectivity index (χ1) is 24.9. The maximum absolute atomic E-state index is 15.6. The minimum atomic E-state index is -4.37. The summed E-state index contributed by atoms with van der Waals surface area (Å²) in [5, 5.41) is 7.16. The van der Waals surface area contributed by atoms with Gasteiger partial charge in [-0.2, -0.15) is 4.39 Å². The van der Waals surface area contributed by atoms with Gasteiger partial charge in [0.25, 0.3) is 10.0 Å². The van der Waals surface area contributed by atoms with Gasteiger partial charge in [-0.05, 0) is 93.2 Å². The van der Waals surface area contributed by atoms with Crippen LogP contribution < -0.4 is 11.0 Å². The molecule has 1 N–H and O–H groups in total. The fourth-order valence-electron chi connectivity index (χ4n) is 7.00. The van der Waals surface area contributed by atoms with Crippen molar-refractivity contribution in [2.24, 2.45) is 14.1 Å². The van der Waals surface area contributed by atoms with Gasteiger partial charge in [-0.3, -0.25) is 13.8 Å². The summed E-state index contributed by atoms with van der Waals surface area (Å²) < 4.78 is 63.0. The number of halogens is 2. The second-order valence-electron chi connectivity index (χ2n) is 17.0. The molecule has 1 fully saturated rings. The average Bonchev–Trinajstić information content (AvgIpc) is 3.64. The van der Waals surface area contributed by atoms with Gasteiger partial charge in [0.2, 0.25) is 5.95 Å². The standard InChI is InChI=1S/C37H49BrFN7O6SSi/c1-35(2,3)51-33(47)41-37(7)18-17-22(19-26(37)52-54(10,11)36(4,5)6)45-30-25(44(9)34(45)48)20-40-32-27(30)28(38)29(24-21-43(8)42-31(24)39)46(32)53(49,50)23-15-13-12-14-16-23/h12-16,20-22,26H,17-19H2,1-11H3,(H,41,47)/t22-,26+,37+/m0/s1. The quantitative estimate of drug-likeness (QED) is 0.165. The van der Waals surface area contributed by atoms with Gasteiger partial charge in [-0.25, -0.2) is 27.0 Å². The predicted molar refractivity (Wildman–Crippen MR) is 212 cm³/mol. The van der Waals surface area contributed by atoms with Crippen LogP contribution in [0, 0.1) is 5.95 Å². The van der Waals surface area contributed by atoms with E-state index in [0.29, 0.717) is 35.7 Å². The van der Waals surface area contributed by atoms with Gasteiger partial charge in [0.1, 0.15) is 5.60 Å². The minimum absolute atomic E-state index is 0.0112. The van der Waals surface area contributed by atoms with Gasteiger partial charge in [0.05, 0.1) is 54.9 Å². The van der Waals surface area contributed by atoms with Crippen LogP contribution in [0.3, 0.4) is 0 Å². The lowest BCUT2D eigenvalue weighted by Gasteiger charge is -2.49. The molecule has 1 saturated carbocycles. The molecule has 0 spiro atoms. The highest BCUT2D eigenvalue weighted by Crippen LogP contribution is 2.47. The van der Waals surface area contributed by atoms with Crippen LogP contribution in [-0.2, 0) is 33.3 Å². The number of aryl methyl sites for hydroxylation is 2. The molecule has 4 heterocycles. The zero-order valence-corrected chi connectivity index (χ0v) is 36.0. The fraction of sp³-hybridized carbons (Fsp3) is 0.514. The van der Waals surface area contributed by atoms with E-state index in [0.717, 1.165) is 3.97 Å². The largest absolute Gasteiger partial charge is 0.444 e. The second-order valence-corrected chi connectivity index (χ2v) is 24.3. The third-order valence-corrected chi connectivity index (χ3v) is 17.8. The van der Waals surface area contributed by atoms with Gasteiger partial charge >= 0.3 is 11.8 Å². The number of amides is 1. The summed E-state index contributed by atoms with van der Waals surface area (Å²) in [7, 11) is -3.62. The van der Waals surface area contributed by atoms with Crippen molar-refractivity contribution in [3.05, 3.63) is 63.6 Å². The van der Waals surface area contributed by atoms with Gasteiger partial charge < -0.3 is 14.5 Å². The van der Waals surface area contributed by atoms with Crippen molar-refractivity contribution in [2.75, 3.05) is 0 Å². The summed E-state index contributed by atoms with van der Waals surface area (Å²) in [6.45, 7) is 18.1.